The van der Waals surface area contributed by atoms with E-state index in [4.69, 9.17) is 21.1 Å². The average molecular weight is 440 g/mol. The van der Waals surface area contributed by atoms with Crippen molar-refractivity contribution < 1.29 is 9.47 Å². The topological polar surface area (TPSA) is 72.7 Å². The molecule has 0 radical (unpaired) electrons. The highest BCUT2D eigenvalue weighted by atomic mass is 35.5. The van der Waals surface area contributed by atoms with Crippen LogP contribution in [0.15, 0.2) is 59.9 Å². The lowest BCUT2D eigenvalue weighted by Gasteiger charge is -2.16. The second-order valence-corrected chi connectivity index (χ2v) is 7.61. The van der Waals surface area contributed by atoms with Crippen LogP contribution in [0.3, 0.4) is 0 Å². The Morgan fingerprint density at radius 3 is 2.71 bits per heavy atom. The maximum absolute atomic E-state index is 6.40. The third-order valence-corrected chi connectivity index (χ3v) is 5.28. The highest BCUT2D eigenvalue weighted by molar-refractivity contribution is 6.32. The molecule has 0 saturated heterocycles. The molecule has 0 aliphatic carbocycles. The maximum Gasteiger partial charge on any atom is 0.191 e. The van der Waals surface area contributed by atoms with E-state index in [1.165, 1.54) is 11.1 Å². The van der Waals surface area contributed by atoms with Crippen molar-refractivity contribution in [2.45, 2.75) is 26.1 Å². The minimum absolute atomic E-state index is 0.560. The van der Waals surface area contributed by atoms with Gasteiger partial charge in [0.15, 0.2) is 17.5 Å². The second kappa shape index (κ2) is 10.2. The first-order valence-corrected chi connectivity index (χ1v) is 10.7. The number of aliphatic imine (C=N–C) groups is 1. The van der Waals surface area contributed by atoms with E-state index < -0.39 is 0 Å². The molecule has 0 saturated carbocycles. The Kier molecular flexibility index (Phi) is 6.94. The number of nitrogens with one attached hydrogen (secondary N) is 2. The summed E-state index contributed by atoms with van der Waals surface area (Å²) < 4.78 is 13.4. The minimum Gasteiger partial charge on any atom is -0.489 e. The van der Waals surface area contributed by atoms with E-state index >= 15 is 0 Å². The molecule has 0 bridgehead atoms. The Hall–Kier alpha value is -3.19. The molecule has 4 rings (SSSR count). The Balaban J connectivity index is 1.37. The van der Waals surface area contributed by atoms with Crippen LogP contribution >= 0.6 is 11.6 Å². The summed E-state index contributed by atoms with van der Waals surface area (Å²) in [5, 5.41) is 11.6. The van der Waals surface area contributed by atoms with Gasteiger partial charge in [0, 0.05) is 39.0 Å². The maximum atomic E-state index is 6.40. The van der Waals surface area contributed by atoms with Crippen LogP contribution in [0.2, 0.25) is 5.02 Å². The molecule has 0 spiro atoms. The SMILES string of the molecule is CN=C(NCc1cc(Cl)c2c(c1)OCCCO2)NCc1ccccc1Cn1cccn1. The third kappa shape index (κ3) is 5.49. The number of hydrogen-bond donors (Lipinski definition) is 2. The number of halogens is 1. The summed E-state index contributed by atoms with van der Waals surface area (Å²) in [5.41, 5.74) is 3.40. The zero-order chi connectivity index (χ0) is 21.5. The number of nitrogens with zero attached hydrogens (tertiary/aromatic N) is 3. The molecule has 162 valence electrons. The molecule has 2 N–H and O–H groups in total. The van der Waals surface area contributed by atoms with Gasteiger partial charge in [-0.15, -0.1) is 0 Å². The van der Waals surface area contributed by atoms with Gasteiger partial charge < -0.3 is 20.1 Å². The van der Waals surface area contributed by atoms with Crippen LogP contribution < -0.4 is 20.1 Å². The molecule has 0 unspecified atom stereocenters. The predicted molar refractivity (Wildman–Crippen MR) is 122 cm³/mol. The van der Waals surface area contributed by atoms with Gasteiger partial charge in [0.25, 0.3) is 0 Å². The van der Waals surface area contributed by atoms with Crippen LogP contribution in [0, 0.1) is 0 Å². The number of hydrogen-bond acceptors (Lipinski definition) is 4. The van der Waals surface area contributed by atoms with Gasteiger partial charge >= 0.3 is 0 Å². The first-order chi connectivity index (χ1) is 15.2. The normalized spacial score (nSPS) is 13.5. The molecular weight excluding hydrogens is 414 g/mol. The molecule has 0 amide bonds. The van der Waals surface area contributed by atoms with Crippen LogP contribution in [-0.4, -0.2) is 36.0 Å². The van der Waals surface area contributed by atoms with Gasteiger partial charge in [-0.1, -0.05) is 35.9 Å². The Morgan fingerprint density at radius 2 is 1.90 bits per heavy atom. The average Bonchev–Trinajstić information content (AvgIpc) is 3.17. The molecule has 2 aromatic carbocycles. The first kappa shape index (κ1) is 21.1. The summed E-state index contributed by atoms with van der Waals surface area (Å²) in [6.45, 7) is 3.18. The fourth-order valence-corrected chi connectivity index (χ4v) is 3.71. The van der Waals surface area contributed by atoms with Crippen LogP contribution in [0.5, 0.6) is 11.5 Å². The Bertz CT molecular complexity index is 1040. The van der Waals surface area contributed by atoms with E-state index in [1.54, 1.807) is 13.2 Å². The van der Waals surface area contributed by atoms with Gasteiger partial charge in [0.2, 0.25) is 0 Å². The number of rotatable bonds is 6. The number of guanidine groups is 1. The zero-order valence-corrected chi connectivity index (χ0v) is 18.2. The summed E-state index contributed by atoms with van der Waals surface area (Å²) in [4.78, 5) is 4.34. The summed E-state index contributed by atoms with van der Waals surface area (Å²) >= 11 is 6.40. The van der Waals surface area contributed by atoms with Gasteiger partial charge in [0.05, 0.1) is 24.8 Å². The van der Waals surface area contributed by atoms with E-state index in [0.717, 1.165) is 18.5 Å². The van der Waals surface area contributed by atoms with E-state index in [0.29, 0.717) is 48.8 Å². The van der Waals surface area contributed by atoms with E-state index in [2.05, 4.69) is 32.9 Å². The molecule has 0 fully saturated rings. The van der Waals surface area contributed by atoms with Crippen molar-refractivity contribution in [1.82, 2.24) is 20.4 Å². The van der Waals surface area contributed by atoms with Crippen LogP contribution in [0.25, 0.3) is 0 Å². The fourth-order valence-electron chi connectivity index (χ4n) is 3.42. The minimum atomic E-state index is 0.560. The third-order valence-electron chi connectivity index (χ3n) is 5.00. The summed E-state index contributed by atoms with van der Waals surface area (Å²) in [5.74, 6) is 2.02. The Morgan fingerprint density at radius 1 is 1.10 bits per heavy atom. The molecule has 2 heterocycles. The molecule has 3 aromatic rings. The number of ether oxygens (including phenoxy) is 2. The lowest BCUT2D eigenvalue weighted by Crippen LogP contribution is -2.36. The molecule has 1 aliphatic heterocycles. The Labute approximate surface area is 187 Å². The van der Waals surface area contributed by atoms with Gasteiger partial charge in [-0.25, -0.2) is 0 Å². The van der Waals surface area contributed by atoms with E-state index in [9.17, 15) is 0 Å². The first-order valence-electron chi connectivity index (χ1n) is 10.3. The van der Waals surface area contributed by atoms with Gasteiger partial charge in [-0.2, -0.15) is 5.10 Å². The smallest absolute Gasteiger partial charge is 0.191 e. The van der Waals surface area contributed by atoms with Crippen molar-refractivity contribution in [3.63, 3.8) is 0 Å². The van der Waals surface area contributed by atoms with Crippen LogP contribution in [-0.2, 0) is 19.6 Å². The fraction of sp³-hybridized carbons (Fsp3) is 0.304. The van der Waals surface area contributed by atoms with Crippen molar-refractivity contribution >= 4 is 17.6 Å². The molecule has 31 heavy (non-hydrogen) atoms. The van der Waals surface area contributed by atoms with Crippen LogP contribution in [0.1, 0.15) is 23.1 Å². The van der Waals surface area contributed by atoms with Crippen molar-refractivity contribution in [1.29, 1.82) is 0 Å². The summed E-state index contributed by atoms with van der Waals surface area (Å²) in [6.07, 6.45) is 4.60. The molecule has 0 atom stereocenters. The second-order valence-electron chi connectivity index (χ2n) is 7.21. The predicted octanol–water partition coefficient (Wildman–Crippen LogP) is 3.61. The molecule has 1 aromatic heterocycles. The van der Waals surface area contributed by atoms with Crippen LogP contribution in [0.4, 0.5) is 0 Å². The monoisotopic (exact) mass is 439 g/mol. The van der Waals surface area contributed by atoms with Crippen molar-refractivity contribution in [2.75, 3.05) is 20.3 Å². The standard InChI is InChI=1S/C23H26ClN5O2/c1-25-23(26-14-17-12-20(24)22-21(13-17)30-10-5-11-31-22)27-15-18-6-2-3-7-19(18)16-29-9-4-8-28-29/h2-4,6-9,12-13H,5,10-11,14-16H2,1H3,(H2,25,26,27). The number of fused-ring (bicyclic) bond motifs is 1. The number of aromatic nitrogens is 2. The van der Waals surface area contributed by atoms with Gasteiger partial charge in [-0.05, 0) is 34.9 Å². The van der Waals surface area contributed by atoms with Gasteiger partial charge in [-0.3, -0.25) is 9.67 Å². The highest BCUT2D eigenvalue weighted by Crippen LogP contribution is 2.37. The zero-order valence-electron chi connectivity index (χ0n) is 17.5. The lowest BCUT2D eigenvalue weighted by molar-refractivity contribution is 0.297. The summed E-state index contributed by atoms with van der Waals surface area (Å²) in [6, 6.07) is 14.1. The van der Waals surface area contributed by atoms with Gasteiger partial charge in [0.1, 0.15) is 0 Å². The summed E-state index contributed by atoms with van der Waals surface area (Å²) in [7, 11) is 1.76. The lowest BCUT2D eigenvalue weighted by atomic mass is 10.1. The largest absolute Gasteiger partial charge is 0.489 e. The molecule has 8 heteroatoms. The molecular formula is C23H26ClN5O2. The van der Waals surface area contributed by atoms with E-state index in [-0.39, 0.29) is 0 Å². The molecule has 1 aliphatic rings. The molecule has 7 nitrogen and oxygen atoms in total. The quantitative estimate of drug-likeness (QED) is 0.453. The highest BCUT2D eigenvalue weighted by Gasteiger charge is 2.15. The van der Waals surface area contributed by atoms with E-state index in [1.807, 2.05) is 41.2 Å². The van der Waals surface area contributed by atoms with Crippen molar-refractivity contribution in [2.24, 2.45) is 4.99 Å². The van der Waals surface area contributed by atoms with Crippen molar-refractivity contribution in [3.05, 3.63) is 76.6 Å². The number of benzene rings is 2. The van der Waals surface area contributed by atoms with Crippen molar-refractivity contribution in [3.8, 4) is 11.5 Å².